The maximum Gasteiger partial charge on any atom is 0.244 e. The number of anilines is 1. The molecule has 0 spiro atoms. The molecule has 1 amide bonds. The Morgan fingerprint density at radius 1 is 1.37 bits per heavy atom. The van der Waals surface area contributed by atoms with Gasteiger partial charge >= 0.3 is 0 Å². The zero-order valence-electron chi connectivity index (χ0n) is 12.1. The summed E-state index contributed by atoms with van der Waals surface area (Å²) in [6, 6.07) is 0.459. The van der Waals surface area contributed by atoms with Crippen molar-refractivity contribution in [2.24, 2.45) is 0 Å². The average Bonchev–Trinajstić information content (AvgIpc) is 3.16. The van der Waals surface area contributed by atoms with Gasteiger partial charge in [0.1, 0.15) is 6.54 Å². The largest absolute Gasteiger partial charge is 0.396 e. The Morgan fingerprint density at radius 3 is 2.53 bits per heavy atom. The third-order valence-electron chi connectivity index (χ3n) is 3.78. The van der Waals surface area contributed by atoms with Gasteiger partial charge in [-0.25, -0.2) is 0 Å². The van der Waals surface area contributed by atoms with E-state index in [0.717, 1.165) is 49.3 Å². The van der Waals surface area contributed by atoms with Gasteiger partial charge in [0, 0.05) is 12.6 Å². The summed E-state index contributed by atoms with van der Waals surface area (Å²) < 4.78 is 1.79. The molecule has 0 bridgehead atoms. The minimum absolute atomic E-state index is 0.157. The molecule has 2 N–H and O–H groups in total. The highest BCUT2D eigenvalue weighted by atomic mass is 16.2. The van der Waals surface area contributed by atoms with Crippen LogP contribution in [0.1, 0.15) is 45.0 Å². The van der Waals surface area contributed by atoms with Crippen molar-refractivity contribution < 1.29 is 4.79 Å². The fraction of sp³-hybridized carbons (Fsp3) is 0.714. The van der Waals surface area contributed by atoms with E-state index in [0.29, 0.717) is 12.6 Å². The van der Waals surface area contributed by atoms with Crippen LogP contribution in [-0.4, -0.2) is 33.2 Å². The Bertz CT molecular complexity index is 462. The zero-order valence-corrected chi connectivity index (χ0v) is 12.1. The quantitative estimate of drug-likeness (QED) is 0.849. The van der Waals surface area contributed by atoms with Crippen LogP contribution < -0.4 is 5.73 Å². The predicted molar refractivity (Wildman–Crippen MR) is 75.8 cm³/mol. The molecule has 1 fully saturated rings. The van der Waals surface area contributed by atoms with Crippen molar-refractivity contribution in [3.8, 4) is 0 Å². The van der Waals surface area contributed by atoms with E-state index in [4.69, 9.17) is 5.73 Å². The lowest BCUT2D eigenvalue weighted by atomic mass is 10.2. The highest BCUT2D eigenvalue weighted by molar-refractivity contribution is 5.77. The Labute approximate surface area is 114 Å². The number of nitrogens with zero attached hydrogens (tertiary/aromatic N) is 3. The van der Waals surface area contributed by atoms with Crippen LogP contribution in [0.4, 0.5) is 5.69 Å². The molecule has 0 unspecified atom stereocenters. The van der Waals surface area contributed by atoms with Crippen LogP contribution in [0.5, 0.6) is 0 Å². The van der Waals surface area contributed by atoms with Crippen LogP contribution in [0.15, 0.2) is 0 Å². The number of rotatable bonds is 6. The van der Waals surface area contributed by atoms with E-state index in [2.05, 4.69) is 5.10 Å². The number of nitrogen functional groups attached to an aromatic ring is 1. The molecule has 5 heteroatoms. The van der Waals surface area contributed by atoms with Crippen LogP contribution >= 0.6 is 0 Å². The second-order valence-corrected chi connectivity index (χ2v) is 5.08. The van der Waals surface area contributed by atoms with E-state index in [1.807, 2.05) is 25.7 Å². The van der Waals surface area contributed by atoms with Gasteiger partial charge in [-0.3, -0.25) is 9.48 Å². The van der Waals surface area contributed by atoms with Crippen LogP contribution in [0.3, 0.4) is 0 Å². The standard InChI is InChI=1S/C14H24N4O/c1-4-11-14(15)12(5-2)18(16-11)9-13(19)17(6-3)10-7-8-10/h10H,4-9,15H2,1-3H3. The zero-order chi connectivity index (χ0) is 14.0. The highest BCUT2D eigenvalue weighted by Gasteiger charge is 2.31. The van der Waals surface area contributed by atoms with E-state index in [1.54, 1.807) is 4.68 Å². The molecule has 5 nitrogen and oxygen atoms in total. The van der Waals surface area contributed by atoms with Crippen molar-refractivity contribution in [2.45, 2.75) is 59.0 Å². The highest BCUT2D eigenvalue weighted by Crippen LogP contribution is 2.27. The Morgan fingerprint density at radius 2 is 2.05 bits per heavy atom. The number of carbonyl (C=O) groups excluding carboxylic acids is 1. The van der Waals surface area contributed by atoms with E-state index in [-0.39, 0.29) is 5.91 Å². The van der Waals surface area contributed by atoms with Crippen molar-refractivity contribution >= 4 is 11.6 Å². The number of amides is 1. The van der Waals surface area contributed by atoms with Crippen LogP contribution in [0, 0.1) is 0 Å². The molecule has 2 rings (SSSR count). The molecule has 0 aromatic carbocycles. The maximum atomic E-state index is 12.3. The van der Waals surface area contributed by atoms with E-state index in [1.165, 1.54) is 0 Å². The van der Waals surface area contributed by atoms with Gasteiger partial charge in [-0.15, -0.1) is 0 Å². The first-order chi connectivity index (χ1) is 9.12. The molecular weight excluding hydrogens is 240 g/mol. The molecule has 19 heavy (non-hydrogen) atoms. The summed E-state index contributed by atoms with van der Waals surface area (Å²) in [5.74, 6) is 0.157. The SMILES string of the molecule is CCc1nn(CC(=O)N(CC)C2CC2)c(CC)c1N. The summed E-state index contributed by atoms with van der Waals surface area (Å²) >= 11 is 0. The maximum absolute atomic E-state index is 12.3. The summed E-state index contributed by atoms with van der Waals surface area (Å²) in [4.78, 5) is 14.3. The van der Waals surface area contributed by atoms with Gasteiger partial charge in [0.05, 0.1) is 17.1 Å². The first kappa shape index (κ1) is 13.9. The van der Waals surface area contributed by atoms with Crippen molar-refractivity contribution in [1.29, 1.82) is 0 Å². The van der Waals surface area contributed by atoms with Gasteiger partial charge in [-0.2, -0.15) is 5.10 Å². The van der Waals surface area contributed by atoms with Crippen LogP contribution in [0.25, 0.3) is 0 Å². The summed E-state index contributed by atoms with van der Waals surface area (Å²) in [5, 5.41) is 4.48. The fourth-order valence-electron chi connectivity index (χ4n) is 2.57. The lowest BCUT2D eigenvalue weighted by Gasteiger charge is -2.20. The number of hydrogen-bond acceptors (Lipinski definition) is 3. The fourth-order valence-corrected chi connectivity index (χ4v) is 2.57. The predicted octanol–water partition coefficient (Wildman–Crippen LogP) is 1.60. The molecule has 1 aromatic rings. The average molecular weight is 264 g/mol. The monoisotopic (exact) mass is 264 g/mol. The molecule has 1 heterocycles. The van der Waals surface area contributed by atoms with Crippen molar-refractivity contribution in [2.75, 3.05) is 12.3 Å². The summed E-state index contributed by atoms with van der Waals surface area (Å²) in [5.41, 5.74) is 8.72. The van der Waals surface area contributed by atoms with Crippen molar-refractivity contribution in [3.05, 3.63) is 11.4 Å². The first-order valence-corrected chi connectivity index (χ1v) is 7.25. The summed E-state index contributed by atoms with van der Waals surface area (Å²) in [7, 11) is 0. The number of aryl methyl sites for hydroxylation is 1. The number of nitrogens with two attached hydrogens (primary N) is 1. The summed E-state index contributed by atoms with van der Waals surface area (Å²) in [6.45, 7) is 7.21. The summed E-state index contributed by atoms with van der Waals surface area (Å²) in [6.07, 6.45) is 3.89. The number of hydrogen-bond donors (Lipinski definition) is 1. The van der Waals surface area contributed by atoms with Crippen LogP contribution in [0.2, 0.25) is 0 Å². The Balaban J connectivity index is 2.15. The number of likely N-dealkylation sites (N-methyl/N-ethyl adjacent to an activating group) is 1. The molecule has 106 valence electrons. The smallest absolute Gasteiger partial charge is 0.244 e. The molecule has 0 atom stereocenters. The third-order valence-corrected chi connectivity index (χ3v) is 3.78. The molecule has 0 radical (unpaired) electrons. The van der Waals surface area contributed by atoms with Gasteiger partial charge in [0.25, 0.3) is 0 Å². The molecular formula is C14H24N4O. The minimum atomic E-state index is 0.157. The van der Waals surface area contributed by atoms with Gasteiger partial charge < -0.3 is 10.6 Å². The molecule has 0 aliphatic heterocycles. The van der Waals surface area contributed by atoms with Gasteiger partial charge in [0.15, 0.2) is 0 Å². The van der Waals surface area contributed by atoms with Gasteiger partial charge in [-0.05, 0) is 32.6 Å². The first-order valence-electron chi connectivity index (χ1n) is 7.25. The molecule has 1 aromatic heterocycles. The van der Waals surface area contributed by atoms with Crippen LogP contribution in [-0.2, 0) is 24.2 Å². The normalized spacial score (nSPS) is 14.7. The van der Waals surface area contributed by atoms with Gasteiger partial charge in [-0.1, -0.05) is 13.8 Å². The Kier molecular flexibility index (Phi) is 4.12. The molecule has 1 aliphatic carbocycles. The minimum Gasteiger partial charge on any atom is -0.396 e. The van der Waals surface area contributed by atoms with E-state index >= 15 is 0 Å². The third kappa shape index (κ3) is 2.74. The second kappa shape index (κ2) is 5.63. The van der Waals surface area contributed by atoms with E-state index < -0.39 is 0 Å². The molecule has 0 saturated heterocycles. The molecule has 1 saturated carbocycles. The van der Waals surface area contributed by atoms with Crippen molar-refractivity contribution in [1.82, 2.24) is 14.7 Å². The second-order valence-electron chi connectivity index (χ2n) is 5.08. The van der Waals surface area contributed by atoms with Crippen molar-refractivity contribution in [3.63, 3.8) is 0 Å². The lowest BCUT2D eigenvalue weighted by molar-refractivity contribution is -0.132. The molecule has 1 aliphatic rings. The topological polar surface area (TPSA) is 64.2 Å². The van der Waals surface area contributed by atoms with Gasteiger partial charge in [0.2, 0.25) is 5.91 Å². The van der Waals surface area contributed by atoms with E-state index in [9.17, 15) is 4.79 Å². The number of aromatic nitrogens is 2. The number of carbonyl (C=O) groups is 1. The Hall–Kier alpha value is -1.52. The lowest BCUT2D eigenvalue weighted by Crippen LogP contribution is -2.36.